The molecule has 0 aliphatic rings. The third-order valence-corrected chi connectivity index (χ3v) is 3.50. The van der Waals surface area contributed by atoms with E-state index in [0.29, 0.717) is 11.4 Å². The Hall–Kier alpha value is -2.83. The topological polar surface area (TPSA) is 96.7 Å². The molecule has 2 N–H and O–H groups in total. The molecule has 1 aromatic heterocycles. The van der Waals surface area contributed by atoms with Crippen LogP contribution in [0, 0.1) is 0 Å². The second-order valence-corrected chi connectivity index (χ2v) is 5.04. The molecule has 0 fully saturated rings. The first-order valence-corrected chi connectivity index (χ1v) is 7.24. The number of aromatic amines is 1. The minimum absolute atomic E-state index is 0.000407. The summed E-state index contributed by atoms with van der Waals surface area (Å²) in [5.74, 6) is -0.0860. The van der Waals surface area contributed by atoms with Gasteiger partial charge in [0.2, 0.25) is 5.88 Å². The first-order valence-electron chi connectivity index (χ1n) is 7.24. The van der Waals surface area contributed by atoms with E-state index in [0.717, 1.165) is 11.0 Å². The fourth-order valence-electron chi connectivity index (χ4n) is 2.00. The largest absolute Gasteiger partial charge is 0.495 e. The van der Waals surface area contributed by atoms with Crippen LogP contribution < -0.4 is 16.0 Å². The molecule has 1 atom stereocenters. The van der Waals surface area contributed by atoms with E-state index < -0.39 is 17.1 Å². The van der Waals surface area contributed by atoms with Crippen molar-refractivity contribution in [3.63, 3.8) is 0 Å². The Morgan fingerprint density at radius 3 is 2.74 bits per heavy atom. The van der Waals surface area contributed by atoms with Gasteiger partial charge in [-0.05, 0) is 25.5 Å². The van der Waals surface area contributed by atoms with Crippen molar-refractivity contribution in [2.24, 2.45) is 4.99 Å². The molecule has 0 saturated carbocycles. The van der Waals surface area contributed by atoms with Crippen LogP contribution >= 0.6 is 0 Å². The van der Waals surface area contributed by atoms with Gasteiger partial charge >= 0.3 is 5.69 Å². The maximum atomic E-state index is 12.1. The van der Waals surface area contributed by atoms with Crippen LogP contribution in [0.3, 0.4) is 0 Å². The van der Waals surface area contributed by atoms with Crippen LogP contribution in [-0.2, 0) is 0 Å². The van der Waals surface area contributed by atoms with Gasteiger partial charge < -0.3 is 9.84 Å². The fraction of sp³-hybridized carbons (Fsp3) is 0.312. The highest BCUT2D eigenvalue weighted by molar-refractivity contribution is 5.82. The van der Waals surface area contributed by atoms with Crippen LogP contribution in [-0.4, -0.2) is 34.0 Å². The van der Waals surface area contributed by atoms with Crippen LogP contribution in [0.15, 0.2) is 38.8 Å². The standard InChI is InChI=1S/C16H19N3O4/c1-4-10(2)17-9-11-14(20)18-16(22)19(15(11)21)12-7-5-6-8-13(12)23-3/h5-10,21H,4H2,1-3H3,(H,18,20,22)/t10-/m0/s1. The van der Waals surface area contributed by atoms with Gasteiger partial charge in [-0.3, -0.25) is 14.8 Å². The van der Waals surface area contributed by atoms with Crippen LogP contribution in [0.25, 0.3) is 5.69 Å². The van der Waals surface area contributed by atoms with Crippen molar-refractivity contribution in [2.75, 3.05) is 7.11 Å². The van der Waals surface area contributed by atoms with Gasteiger partial charge in [0.05, 0.1) is 12.8 Å². The molecule has 0 aliphatic carbocycles. The second-order valence-electron chi connectivity index (χ2n) is 5.04. The molecule has 0 radical (unpaired) electrons. The molecule has 2 aromatic rings. The number of aliphatic imine (C=N–C) groups is 1. The molecule has 1 heterocycles. The third kappa shape index (κ3) is 3.33. The predicted octanol–water partition coefficient (Wildman–Crippen LogP) is 1.46. The number of nitrogens with zero attached hydrogens (tertiary/aromatic N) is 2. The number of aromatic nitrogens is 2. The van der Waals surface area contributed by atoms with Crippen molar-refractivity contribution < 1.29 is 9.84 Å². The molecule has 1 aromatic carbocycles. The summed E-state index contributed by atoms with van der Waals surface area (Å²) in [5, 5.41) is 10.4. The molecule has 122 valence electrons. The lowest BCUT2D eigenvalue weighted by Gasteiger charge is -2.13. The van der Waals surface area contributed by atoms with Gasteiger partial charge in [0.25, 0.3) is 5.56 Å². The number of aromatic hydroxyl groups is 1. The molecule has 0 bridgehead atoms. The van der Waals surface area contributed by atoms with Crippen molar-refractivity contribution in [2.45, 2.75) is 26.3 Å². The zero-order chi connectivity index (χ0) is 17.0. The summed E-state index contributed by atoms with van der Waals surface area (Å²) in [6.45, 7) is 3.85. The van der Waals surface area contributed by atoms with Crippen molar-refractivity contribution in [1.82, 2.24) is 9.55 Å². The maximum absolute atomic E-state index is 12.1. The van der Waals surface area contributed by atoms with Crippen LogP contribution in [0.1, 0.15) is 25.8 Å². The van der Waals surface area contributed by atoms with Crippen molar-refractivity contribution in [1.29, 1.82) is 0 Å². The van der Waals surface area contributed by atoms with Gasteiger partial charge in [0.15, 0.2) is 0 Å². The molecule has 0 spiro atoms. The van der Waals surface area contributed by atoms with E-state index >= 15 is 0 Å². The fourth-order valence-corrected chi connectivity index (χ4v) is 2.00. The van der Waals surface area contributed by atoms with Crippen molar-refractivity contribution >= 4 is 6.21 Å². The Morgan fingerprint density at radius 1 is 1.39 bits per heavy atom. The number of H-pyrrole nitrogens is 1. The first-order chi connectivity index (χ1) is 11.0. The minimum Gasteiger partial charge on any atom is -0.495 e. The summed E-state index contributed by atoms with van der Waals surface area (Å²) in [5.41, 5.74) is -1.19. The predicted molar refractivity (Wildman–Crippen MR) is 88.2 cm³/mol. The van der Waals surface area contributed by atoms with E-state index in [1.54, 1.807) is 24.3 Å². The number of para-hydroxylation sites is 2. The summed E-state index contributed by atoms with van der Waals surface area (Å²) in [7, 11) is 1.46. The Kier molecular flexibility index (Phi) is 5.00. The van der Waals surface area contributed by atoms with Crippen molar-refractivity contribution in [3.8, 4) is 17.3 Å². The van der Waals surface area contributed by atoms with Crippen molar-refractivity contribution in [3.05, 3.63) is 50.7 Å². The molecular formula is C16H19N3O4. The lowest BCUT2D eigenvalue weighted by atomic mass is 10.2. The monoisotopic (exact) mass is 317 g/mol. The average Bonchev–Trinajstić information content (AvgIpc) is 2.54. The van der Waals surface area contributed by atoms with Gasteiger partial charge in [-0.15, -0.1) is 0 Å². The molecule has 0 unspecified atom stereocenters. The lowest BCUT2D eigenvalue weighted by Crippen LogP contribution is -2.31. The number of ether oxygens (including phenoxy) is 1. The lowest BCUT2D eigenvalue weighted by molar-refractivity contribution is 0.401. The molecule has 7 heteroatoms. The number of hydrogen-bond acceptors (Lipinski definition) is 5. The Balaban J connectivity index is 2.69. The van der Waals surface area contributed by atoms with Gasteiger partial charge in [-0.2, -0.15) is 0 Å². The molecular weight excluding hydrogens is 298 g/mol. The summed E-state index contributed by atoms with van der Waals surface area (Å²) in [4.78, 5) is 30.4. The normalized spacial score (nSPS) is 12.5. The average molecular weight is 317 g/mol. The van der Waals surface area contributed by atoms with Gasteiger partial charge in [-0.1, -0.05) is 19.1 Å². The summed E-state index contributed by atoms with van der Waals surface area (Å²) in [6, 6.07) is 6.69. The third-order valence-electron chi connectivity index (χ3n) is 3.50. The van der Waals surface area contributed by atoms with E-state index in [9.17, 15) is 14.7 Å². The molecule has 7 nitrogen and oxygen atoms in total. The summed E-state index contributed by atoms with van der Waals surface area (Å²) in [6.07, 6.45) is 2.08. The van der Waals surface area contributed by atoms with Gasteiger partial charge in [0.1, 0.15) is 11.3 Å². The highest BCUT2D eigenvalue weighted by Crippen LogP contribution is 2.24. The molecule has 23 heavy (non-hydrogen) atoms. The zero-order valence-corrected chi connectivity index (χ0v) is 13.2. The van der Waals surface area contributed by atoms with Crippen LogP contribution in [0.5, 0.6) is 11.6 Å². The minimum atomic E-state index is -0.752. The quantitative estimate of drug-likeness (QED) is 0.816. The van der Waals surface area contributed by atoms with Gasteiger partial charge in [0, 0.05) is 12.3 Å². The first kappa shape index (κ1) is 16.5. The molecule has 0 saturated heterocycles. The van der Waals surface area contributed by atoms with E-state index in [1.165, 1.54) is 13.3 Å². The van der Waals surface area contributed by atoms with Gasteiger partial charge in [-0.25, -0.2) is 9.36 Å². The van der Waals surface area contributed by atoms with E-state index in [1.807, 2.05) is 13.8 Å². The Bertz CT molecular complexity index is 836. The van der Waals surface area contributed by atoms with E-state index in [-0.39, 0.29) is 11.6 Å². The van der Waals surface area contributed by atoms with Crippen LogP contribution in [0.2, 0.25) is 0 Å². The maximum Gasteiger partial charge on any atom is 0.335 e. The Labute approximate surface area is 132 Å². The number of nitrogens with one attached hydrogen (secondary N) is 1. The van der Waals surface area contributed by atoms with E-state index in [4.69, 9.17) is 4.74 Å². The highest BCUT2D eigenvalue weighted by Gasteiger charge is 2.16. The Morgan fingerprint density at radius 2 is 2.09 bits per heavy atom. The number of hydrogen-bond donors (Lipinski definition) is 2. The number of benzene rings is 1. The SMILES string of the molecule is CC[C@H](C)N=Cc1c(O)n(-c2ccccc2OC)c(=O)[nH]c1=O. The molecule has 0 aliphatic heterocycles. The smallest absolute Gasteiger partial charge is 0.335 e. The molecule has 0 amide bonds. The summed E-state index contributed by atoms with van der Waals surface area (Å²) < 4.78 is 6.18. The highest BCUT2D eigenvalue weighted by atomic mass is 16.5. The zero-order valence-electron chi connectivity index (χ0n) is 13.2. The summed E-state index contributed by atoms with van der Waals surface area (Å²) >= 11 is 0. The second kappa shape index (κ2) is 6.95. The van der Waals surface area contributed by atoms with Crippen LogP contribution in [0.4, 0.5) is 0 Å². The molecule has 2 rings (SSSR count). The number of rotatable bonds is 5. The van der Waals surface area contributed by atoms with E-state index in [2.05, 4.69) is 9.98 Å². The number of methoxy groups -OCH3 is 1.